The van der Waals surface area contributed by atoms with E-state index in [2.05, 4.69) is 84.9 Å². The Hall–Kier alpha value is -0.0957. The van der Waals surface area contributed by atoms with E-state index in [9.17, 15) is 0 Å². The molecule has 31 heavy (non-hydrogen) atoms. The van der Waals surface area contributed by atoms with Crippen molar-refractivity contribution in [2.75, 3.05) is 12.3 Å². The van der Waals surface area contributed by atoms with Crippen molar-refractivity contribution in [2.24, 2.45) is 0 Å². The minimum absolute atomic E-state index is 0. The van der Waals surface area contributed by atoms with Crippen LogP contribution in [0, 0.1) is 34.6 Å². The van der Waals surface area contributed by atoms with Gasteiger partial charge >= 0.3 is 21.7 Å². The van der Waals surface area contributed by atoms with Crippen molar-refractivity contribution in [1.29, 1.82) is 0 Å². The molecule has 0 saturated heterocycles. The van der Waals surface area contributed by atoms with Gasteiger partial charge in [0.2, 0.25) is 0 Å². The summed E-state index contributed by atoms with van der Waals surface area (Å²) in [7, 11) is 0.0856. The summed E-state index contributed by atoms with van der Waals surface area (Å²) in [5, 5.41) is 4.48. The Morgan fingerprint density at radius 3 is 1.71 bits per heavy atom. The summed E-state index contributed by atoms with van der Waals surface area (Å²) in [6.07, 6.45) is 8.26. The van der Waals surface area contributed by atoms with Gasteiger partial charge in [-0.1, -0.05) is 75.3 Å². The first kappa shape index (κ1) is 33.1. The van der Waals surface area contributed by atoms with Gasteiger partial charge in [0.15, 0.2) is 0 Å². The largest absolute Gasteiger partial charge is 4.00 e. The molecular weight excluding hydrogens is 474 g/mol. The molecule has 0 unspecified atom stereocenters. The van der Waals surface area contributed by atoms with E-state index >= 15 is 0 Å². The second-order valence-corrected chi connectivity index (χ2v) is 10.7. The first-order valence-electron chi connectivity index (χ1n) is 11.0. The van der Waals surface area contributed by atoms with Gasteiger partial charge in [-0.3, -0.25) is 0 Å². The van der Waals surface area contributed by atoms with E-state index in [0.29, 0.717) is 0 Å². The van der Waals surface area contributed by atoms with Crippen LogP contribution < -0.4 is 30.1 Å². The quantitative estimate of drug-likeness (QED) is 0.259. The zero-order valence-electron chi connectivity index (χ0n) is 20.4. The predicted octanol–water partition coefficient (Wildman–Crippen LogP) is 2.22. The van der Waals surface area contributed by atoms with Crippen molar-refractivity contribution in [1.82, 2.24) is 0 Å². The summed E-state index contributed by atoms with van der Waals surface area (Å²) in [6, 6.07) is 13.6. The molecule has 0 bridgehead atoms. The number of hydrogen-bond donors (Lipinski definition) is 0. The molecule has 0 N–H and O–H groups in total. The van der Waals surface area contributed by atoms with Crippen LogP contribution in [-0.4, -0.2) is 12.3 Å². The van der Waals surface area contributed by atoms with Gasteiger partial charge in [-0.2, -0.15) is 33.9 Å². The zero-order chi connectivity index (χ0) is 20.7. The van der Waals surface area contributed by atoms with Crippen molar-refractivity contribution in [2.45, 2.75) is 74.1 Å². The first-order chi connectivity index (χ1) is 13.4. The Morgan fingerprint density at radius 2 is 1.32 bits per heavy atom. The van der Waals surface area contributed by atoms with Gasteiger partial charge in [0, 0.05) is 0 Å². The van der Waals surface area contributed by atoms with Crippen LogP contribution in [-0.2, 0) is 21.7 Å². The Bertz CT molecular complexity index is 758. The standard InChI is InChI=1S/C17H24P.C10H15.2ClH.Ti/c1-3-5-11-18(12-6-4-2)17-13-15-9-7-8-10-16(15)14-17;1-6-7(2)9(4)10(5)8(6)3;;;/h7-10,13-14H,3-6,11-12H2,1-2H3;1-5H3;2*1H;/q2*-1;;;+4/p-2. The van der Waals surface area contributed by atoms with Crippen LogP contribution in [0.2, 0.25) is 0 Å². The van der Waals surface area contributed by atoms with Crippen LogP contribution in [0.5, 0.6) is 0 Å². The Kier molecular flexibility index (Phi) is 17.6. The maximum atomic E-state index is 2.44. The molecule has 0 spiro atoms. The molecular formula is C27H39Cl2PTi. The first-order valence-corrected chi connectivity index (χ1v) is 12.7. The number of halogens is 2. The second-order valence-electron chi connectivity index (χ2n) is 8.16. The van der Waals surface area contributed by atoms with Crippen LogP contribution in [0.3, 0.4) is 0 Å². The van der Waals surface area contributed by atoms with Gasteiger partial charge < -0.3 is 24.8 Å². The van der Waals surface area contributed by atoms with Crippen LogP contribution >= 0.6 is 7.92 Å². The fraction of sp³-hybridized carbons (Fsp3) is 0.481. The van der Waals surface area contributed by atoms with E-state index in [4.69, 9.17) is 0 Å². The van der Waals surface area contributed by atoms with Crippen LogP contribution in [0.25, 0.3) is 10.8 Å². The average molecular weight is 513 g/mol. The molecule has 0 fully saturated rings. The van der Waals surface area contributed by atoms with Gasteiger partial charge in [-0.25, -0.2) is 0 Å². The predicted molar refractivity (Wildman–Crippen MR) is 131 cm³/mol. The second kappa shape index (κ2) is 16.5. The van der Waals surface area contributed by atoms with Crippen molar-refractivity contribution >= 4 is 24.0 Å². The van der Waals surface area contributed by atoms with Gasteiger partial charge in [-0.05, 0) is 25.2 Å². The molecule has 0 aromatic heterocycles. The number of unbranched alkanes of at least 4 members (excludes halogenated alkanes) is 2. The molecule has 0 aliphatic carbocycles. The molecule has 3 aromatic rings. The minimum atomic E-state index is 0. The monoisotopic (exact) mass is 512 g/mol. The number of rotatable bonds is 7. The fourth-order valence-corrected chi connectivity index (χ4v) is 6.57. The Labute approximate surface area is 220 Å². The summed E-state index contributed by atoms with van der Waals surface area (Å²) in [5.74, 6) is 0. The average Bonchev–Trinajstić information content (AvgIpc) is 3.21. The summed E-state index contributed by atoms with van der Waals surface area (Å²) >= 11 is 0. The van der Waals surface area contributed by atoms with E-state index < -0.39 is 0 Å². The van der Waals surface area contributed by atoms with E-state index in [1.807, 2.05) is 0 Å². The molecule has 0 saturated carbocycles. The SMILES string of the molecule is CCCCP(CCCC)c1cc2ccccc2[cH-]1.Cc1c(C)c(C)[c-](C)c1C.[Cl-].[Cl-].[Ti+4]. The van der Waals surface area contributed by atoms with Gasteiger partial charge in [0.05, 0.1) is 0 Å². The molecule has 0 heterocycles. The normalized spacial score (nSPS) is 10.1. The Balaban J connectivity index is 0. The van der Waals surface area contributed by atoms with Crippen LogP contribution in [0.15, 0.2) is 36.4 Å². The Morgan fingerprint density at radius 1 is 0.839 bits per heavy atom. The fourth-order valence-electron chi connectivity index (χ4n) is 3.79. The molecule has 0 radical (unpaired) electrons. The molecule has 0 aliphatic rings. The molecule has 0 nitrogen and oxygen atoms in total. The third-order valence-electron chi connectivity index (χ3n) is 6.34. The van der Waals surface area contributed by atoms with E-state index in [-0.39, 0.29) is 54.5 Å². The van der Waals surface area contributed by atoms with Gasteiger partial charge in [0.1, 0.15) is 0 Å². The molecule has 170 valence electrons. The molecule has 0 aliphatic heterocycles. The number of hydrogen-bond acceptors (Lipinski definition) is 0. The summed E-state index contributed by atoms with van der Waals surface area (Å²) in [5.41, 5.74) is 7.34. The van der Waals surface area contributed by atoms with Crippen molar-refractivity contribution in [3.05, 3.63) is 64.2 Å². The summed E-state index contributed by atoms with van der Waals surface area (Å²) < 4.78 is 0. The van der Waals surface area contributed by atoms with Gasteiger partial charge in [0.25, 0.3) is 0 Å². The zero-order valence-corrected chi connectivity index (χ0v) is 24.4. The summed E-state index contributed by atoms with van der Waals surface area (Å²) in [6.45, 7) is 15.6. The molecule has 0 amide bonds. The minimum Gasteiger partial charge on any atom is -1.00 e. The molecule has 3 aromatic carbocycles. The van der Waals surface area contributed by atoms with E-state index in [1.54, 1.807) is 5.30 Å². The maximum absolute atomic E-state index is 2.44. The van der Waals surface area contributed by atoms with E-state index in [1.165, 1.54) is 76.6 Å². The topological polar surface area (TPSA) is 0 Å². The summed E-state index contributed by atoms with van der Waals surface area (Å²) in [4.78, 5) is 0. The molecule has 0 atom stereocenters. The van der Waals surface area contributed by atoms with Gasteiger partial charge in [-0.15, -0.1) is 40.3 Å². The van der Waals surface area contributed by atoms with Crippen molar-refractivity contribution in [3.63, 3.8) is 0 Å². The smallest absolute Gasteiger partial charge is 1.00 e. The number of benzene rings is 1. The third-order valence-corrected chi connectivity index (χ3v) is 9.04. The van der Waals surface area contributed by atoms with Crippen molar-refractivity contribution in [3.8, 4) is 0 Å². The van der Waals surface area contributed by atoms with Crippen molar-refractivity contribution < 1.29 is 46.5 Å². The number of fused-ring (bicyclic) bond motifs is 1. The third kappa shape index (κ3) is 8.99. The molecule has 3 rings (SSSR count). The maximum Gasteiger partial charge on any atom is 4.00 e. The van der Waals surface area contributed by atoms with Crippen LogP contribution in [0.1, 0.15) is 67.3 Å². The van der Waals surface area contributed by atoms with Crippen LogP contribution in [0.4, 0.5) is 0 Å². The van der Waals surface area contributed by atoms with E-state index in [0.717, 1.165) is 0 Å². The molecule has 4 heteroatoms.